The fourth-order valence-electron chi connectivity index (χ4n) is 3.66. The number of aliphatic hydroxyl groups is 1. The summed E-state index contributed by atoms with van der Waals surface area (Å²) < 4.78 is 10.8. The summed E-state index contributed by atoms with van der Waals surface area (Å²) in [5, 5.41) is 25.9. The molecule has 1 amide bonds. The highest BCUT2D eigenvalue weighted by Crippen LogP contribution is 2.49. The maximum Gasteiger partial charge on any atom is 0.405 e. The molecule has 25 heavy (non-hydrogen) atoms. The Bertz CT molecular complexity index is 737. The second kappa shape index (κ2) is 5.81. The SMILES string of the molecule is C[C@H]1CNC[C@](OC(N)=O)(c2c([N+](=O)[O-])cnc3c2CCO3)[C@]1(C)O. The quantitative estimate of drug-likeness (QED) is 0.516. The standard InChI is InChI=1S/C15H20N4O6/c1-8-5-17-7-15(14(8,2)21,25-13(16)20)11-9-3-4-24-12(9)18-6-10(11)19(22)23/h6,8,17,21H,3-5,7H2,1-2H3,(H2,16,20)/t8-,14+,15-/m0/s1. The summed E-state index contributed by atoms with van der Waals surface area (Å²) >= 11 is 0. The summed E-state index contributed by atoms with van der Waals surface area (Å²) in [4.78, 5) is 26.7. The number of hydrogen-bond acceptors (Lipinski definition) is 8. The molecular formula is C15H20N4O6. The summed E-state index contributed by atoms with van der Waals surface area (Å²) in [6.07, 6.45) is 0.282. The highest BCUT2D eigenvalue weighted by atomic mass is 16.6. The molecule has 0 saturated carbocycles. The molecular weight excluding hydrogens is 332 g/mol. The first-order valence-corrected chi connectivity index (χ1v) is 7.92. The van der Waals surface area contributed by atoms with Crippen LogP contribution in [0.5, 0.6) is 5.88 Å². The summed E-state index contributed by atoms with van der Waals surface area (Å²) in [6, 6.07) is 0. The number of nitrogens with two attached hydrogens (primary N) is 1. The van der Waals surface area contributed by atoms with E-state index in [1.165, 1.54) is 6.92 Å². The van der Waals surface area contributed by atoms with E-state index in [0.717, 1.165) is 6.20 Å². The molecule has 0 aliphatic carbocycles. The molecule has 0 unspecified atom stereocenters. The van der Waals surface area contributed by atoms with Crippen LogP contribution in [0.15, 0.2) is 6.20 Å². The molecule has 2 aliphatic rings. The van der Waals surface area contributed by atoms with Gasteiger partial charge in [0.1, 0.15) is 11.8 Å². The maximum absolute atomic E-state index is 11.7. The number of amides is 1. The van der Waals surface area contributed by atoms with Crippen molar-refractivity contribution in [2.75, 3.05) is 19.7 Å². The van der Waals surface area contributed by atoms with Crippen molar-refractivity contribution in [3.8, 4) is 5.88 Å². The molecule has 1 aromatic heterocycles. The second-order valence-electron chi connectivity index (χ2n) is 6.59. The van der Waals surface area contributed by atoms with Crippen LogP contribution in [0.2, 0.25) is 0 Å². The zero-order valence-corrected chi connectivity index (χ0v) is 13.9. The van der Waals surface area contributed by atoms with Gasteiger partial charge in [-0.1, -0.05) is 6.92 Å². The molecule has 10 nitrogen and oxygen atoms in total. The number of nitro groups is 1. The van der Waals surface area contributed by atoms with Gasteiger partial charge in [0, 0.05) is 31.0 Å². The molecule has 2 aliphatic heterocycles. The lowest BCUT2D eigenvalue weighted by atomic mass is 9.67. The van der Waals surface area contributed by atoms with Crippen LogP contribution in [0.3, 0.4) is 0 Å². The third-order valence-electron chi connectivity index (χ3n) is 5.19. The average Bonchev–Trinajstić information content (AvgIpc) is 2.99. The molecule has 0 radical (unpaired) electrons. The van der Waals surface area contributed by atoms with Crippen LogP contribution in [-0.2, 0) is 16.8 Å². The van der Waals surface area contributed by atoms with E-state index in [-0.39, 0.29) is 29.6 Å². The highest BCUT2D eigenvalue weighted by molar-refractivity contribution is 5.67. The third-order valence-corrected chi connectivity index (χ3v) is 5.19. The average molecular weight is 352 g/mol. The number of primary amides is 1. The number of carbonyl (C=O) groups is 1. The van der Waals surface area contributed by atoms with E-state index in [2.05, 4.69) is 10.3 Å². The van der Waals surface area contributed by atoms with Gasteiger partial charge in [-0.2, -0.15) is 0 Å². The minimum atomic E-state index is -1.74. The Morgan fingerprint density at radius 1 is 1.64 bits per heavy atom. The van der Waals surface area contributed by atoms with Gasteiger partial charge in [-0.05, 0) is 6.92 Å². The van der Waals surface area contributed by atoms with E-state index in [1.807, 2.05) is 0 Å². The molecule has 3 atom stereocenters. The third kappa shape index (κ3) is 2.48. The van der Waals surface area contributed by atoms with Gasteiger partial charge in [-0.25, -0.2) is 9.78 Å². The highest BCUT2D eigenvalue weighted by Gasteiger charge is 2.60. The van der Waals surface area contributed by atoms with E-state index in [4.69, 9.17) is 15.2 Å². The van der Waals surface area contributed by atoms with Gasteiger partial charge in [0.15, 0.2) is 5.60 Å². The molecule has 0 aromatic carbocycles. The van der Waals surface area contributed by atoms with Crippen molar-refractivity contribution in [1.29, 1.82) is 0 Å². The second-order valence-corrected chi connectivity index (χ2v) is 6.59. The van der Waals surface area contributed by atoms with Crippen LogP contribution in [0.1, 0.15) is 25.0 Å². The minimum absolute atomic E-state index is 0.0232. The van der Waals surface area contributed by atoms with Gasteiger partial charge in [0.2, 0.25) is 5.88 Å². The van der Waals surface area contributed by atoms with E-state index < -0.39 is 22.2 Å². The Morgan fingerprint density at radius 2 is 2.36 bits per heavy atom. The van der Waals surface area contributed by atoms with Crippen LogP contribution in [0.4, 0.5) is 10.5 Å². The Kier molecular flexibility index (Phi) is 4.04. The first kappa shape index (κ1) is 17.4. The van der Waals surface area contributed by atoms with Crippen molar-refractivity contribution in [3.63, 3.8) is 0 Å². The lowest BCUT2D eigenvalue weighted by molar-refractivity contribution is -0.387. The Morgan fingerprint density at radius 3 is 3.00 bits per heavy atom. The van der Waals surface area contributed by atoms with Crippen LogP contribution < -0.4 is 15.8 Å². The minimum Gasteiger partial charge on any atom is -0.477 e. The van der Waals surface area contributed by atoms with Gasteiger partial charge < -0.3 is 25.6 Å². The summed E-state index contributed by atoms with van der Waals surface area (Å²) in [5.41, 5.74) is 2.12. The topological polar surface area (TPSA) is 150 Å². The Hall–Kier alpha value is -2.46. The molecule has 136 valence electrons. The molecule has 10 heteroatoms. The number of aromatic nitrogens is 1. The van der Waals surface area contributed by atoms with Crippen LogP contribution in [0.25, 0.3) is 0 Å². The Balaban J connectivity index is 2.33. The van der Waals surface area contributed by atoms with Crippen molar-refractivity contribution < 1.29 is 24.3 Å². The van der Waals surface area contributed by atoms with Gasteiger partial charge >= 0.3 is 6.09 Å². The molecule has 1 saturated heterocycles. The van der Waals surface area contributed by atoms with Gasteiger partial charge in [0.25, 0.3) is 5.69 Å². The monoisotopic (exact) mass is 352 g/mol. The molecule has 4 N–H and O–H groups in total. The van der Waals surface area contributed by atoms with Crippen molar-refractivity contribution in [1.82, 2.24) is 10.3 Å². The first-order valence-electron chi connectivity index (χ1n) is 7.92. The summed E-state index contributed by atoms with van der Waals surface area (Å²) in [7, 11) is 0. The van der Waals surface area contributed by atoms with Crippen molar-refractivity contribution in [2.45, 2.75) is 31.5 Å². The zero-order chi connectivity index (χ0) is 18.4. The fourth-order valence-corrected chi connectivity index (χ4v) is 3.66. The van der Waals surface area contributed by atoms with Gasteiger partial charge in [-0.15, -0.1) is 0 Å². The predicted octanol–water partition coefficient (Wildman–Crippen LogP) is 0.206. The van der Waals surface area contributed by atoms with Crippen molar-refractivity contribution >= 4 is 11.8 Å². The number of rotatable bonds is 3. The number of ether oxygens (including phenoxy) is 2. The normalized spacial score (nSPS) is 31.1. The van der Waals surface area contributed by atoms with Gasteiger partial charge in [-0.3, -0.25) is 10.1 Å². The largest absolute Gasteiger partial charge is 0.477 e. The van der Waals surface area contributed by atoms with Crippen LogP contribution >= 0.6 is 0 Å². The fraction of sp³-hybridized carbons (Fsp3) is 0.600. The molecule has 3 heterocycles. The molecule has 1 fully saturated rings. The van der Waals surface area contributed by atoms with Crippen LogP contribution in [-0.4, -0.2) is 46.4 Å². The van der Waals surface area contributed by atoms with Crippen LogP contribution in [0, 0.1) is 16.0 Å². The Labute approximate surface area is 143 Å². The van der Waals surface area contributed by atoms with E-state index >= 15 is 0 Å². The number of nitrogens with zero attached hydrogens (tertiary/aromatic N) is 2. The number of pyridine rings is 1. The van der Waals surface area contributed by atoms with Gasteiger partial charge in [0.05, 0.1) is 17.1 Å². The number of hydrogen-bond donors (Lipinski definition) is 3. The lowest BCUT2D eigenvalue weighted by Gasteiger charge is -2.50. The van der Waals surface area contributed by atoms with Crippen molar-refractivity contribution in [2.24, 2.45) is 11.7 Å². The lowest BCUT2D eigenvalue weighted by Crippen LogP contribution is -2.67. The number of piperidine rings is 1. The number of nitrogens with one attached hydrogen (secondary N) is 1. The van der Waals surface area contributed by atoms with E-state index in [0.29, 0.717) is 25.1 Å². The van der Waals surface area contributed by atoms with Crippen molar-refractivity contribution in [3.05, 3.63) is 27.4 Å². The number of carbonyl (C=O) groups excluding carboxylic acids is 1. The molecule has 1 aromatic rings. The first-order chi connectivity index (χ1) is 11.7. The molecule has 0 bridgehead atoms. The molecule has 3 rings (SSSR count). The predicted molar refractivity (Wildman–Crippen MR) is 85.1 cm³/mol. The maximum atomic E-state index is 11.7. The van der Waals surface area contributed by atoms with E-state index in [9.17, 15) is 20.0 Å². The smallest absolute Gasteiger partial charge is 0.405 e. The zero-order valence-electron chi connectivity index (χ0n) is 13.9. The summed E-state index contributed by atoms with van der Waals surface area (Å²) in [6.45, 7) is 3.98. The van der Waals surface area contributed by atoms with E-state index in [1.54, 1.807) is 6.92 Å². The number of fused-ring (bicyclic) bond motifs is 1. The molecule has 0 spiro atoms. The summed E-state index contributed by atoms with van der Waals surface area (Å²) in [5.74, 6) is -0.131.